The number of rotatable bonds is 5. The van der Waals surface area contributed by atoms with E-state index in [1.54, 1.807) is 0 Å². The zero-order chi connectivity index (χ0) is 17.6. The summed E-state index contributed by atoms with van der Waals surface area (Å²) >= 11 is 0. The second-order valence-electron chi connectivity index (χ2n) is 4.45. The van der Waals surface area contributed by atoms with Crippen LogP contribution in [-0.4, -0.2) is 45.9 Å². The number of carbonyl (C=O) groups is 3. The molecular weight excluding hydrogens is 328 g/mol. The van der Waals surface area contributed by atoms with Crippen molar-refractivity contribution in [3.05, 3.63) is 29.8 Å². The molecule has 0 aliphatic rings. The first kappa shape index (κ1) is 18.4. The Morgan fingerprint density at radius 1 is 1.17 bits per heavy atom. The fraction of sp³-hybridized carbons (Fsp3) is 0.308. The third-order valence-electron chi connectivity index (χ3n) is 2.51. The Bertz CT molecular complexity index is 715. The van der Waals surface area contributed by atoms with Crippen molar-refractivity contribution < 1.29 is 32.3 Å². The zero-order valence-corrected chi connectivity index (χ0v) is 13.5. The Kier molecular flexibility index (Phi) is 6.08. The number of benzene rings is 1. The molecule has 0 aliphatic carbocycles. The van der Waals surface area contributed by atoms with Gasteiger partial charge in [0.25, 0.3) is 5.91 Å². The van der Waals surface area contributed by atoms with E-state index in [4.69, 9.17) is 4.74 Å². The van der Waals surface area contributed by atoms with Crippen molar-refractivity contribution >= 4 is 33.7 Å². The van der Waals surface area contributed by atoms with Gasteiger partial charge in [-0.2, -0.15) is 0 Å². The first-order valence-electron chi connectivity index (χ1n) is 6.30. The van der Waals surface area contributed by atoms with Crippen LogP contribution in [0.2, 0.25) is 0 Å². The molecule has 0 saturated carbocycles. The van der Waals surface area contributed by atoms with Gasteiger partial charge >= 0.3 is 12.1 Å². The normalized spacial score (nSPS) is 12.0. The molecule has 0 saturated heterocycles. The Labute approximate surface area is 133 Å². The summed E-state index contributed by atoms with van der Waals surface area (Å²) < 4.78 is 33.9. The number of ether oxygens (including phenoxy) is 2. The predicted octanol–water partition coefficient (Wildman–Crippen LogP) is 0.486. The summed E-state index contributed by atoms with van der Waals surface area (Å²) in [6.07, 6.45) is -1.34. The number of para-hydroxylation sites is 1. The highest BCUT2D eigenvalue weighted by Crippen LogP contribution is 2.18. The minimum absolute atomic E-state index is 0.0144. The van der Waals surface area contributed by atoms with Gasteiger partial charge < -0.3 is 9.47 Å². The quantitative estimate of drug-likeness (QED) is 0.744. The molecule has 0 radical (unpaired) electrons. The molecule has 0 heterocycles. The van der Waals surface area contributed by atoms with Crippen LogP contribution < -0.4 is 10.0 Å². The van der Waals surface area contributed by atoms with Crippen molar-refractivity contribution in [1.29, 1.82) is 0 Å². The number of hydrogen-bond acceptors (Lipinski definition) is 7. The third kappa shape index (κ3) is 5.94. The summed E-state index contributed by atoms with van der Waals surface area (Å²) in [6, 6.07) is 5.73. The Balaban J connectivity index is 2.86. The SMILES string of the molecule is COC(=O)NC(=O)[C@H](C)OC(=O)c1ccccc1NS(C)(=O)=O. The fourth-order valence-electron chi connectivity index (χ4n) is 1.48. The summed E-state index contributed by atoms with van der Waals surface area (Å²) in [7, 11) is -2.52. The molecular formula is C13H16N2O7S. The second-order valence-corrected chi connectivity index (χ2v) is 6.20. The van der Waals surface area contributed by atoms with E-state index >= 15 is 0 Å². The number of imide groups is 1. The summed E-state index contributed by atoms with van der Waals surface area (Å²) in [5.74, 6) is -1.80. The molecule has 0 spiro atoms. The first-order valence-corrected chi connectivity index (χ1v) is 8.20. The van der Waals surface area contributed by atoms with E-state index in [2.05, 4.69) is 9.46 Å². The minimum Gasteiger partial charge on any atom is -0.453 e. The van der Waals surface area contributed by atoms with E-state index < -0.39 is 34.1 Å². The average molecular weight is 344 g/mol. The van der Waals surface area contributed by atoms with E-state index in [0.717, 1.165) is 13.4 Å². The third-order valence-corrected chi connectivity index (χ3v) is 3.10. The largest absolute Gasteiger partial charge is 0.453 e. The van der Waals surface area contributed by atoms with Crippen molar-refractivity contribution in [1.82, 2.24) is 5.32 Å². The lowest BCUT2D eigenvalue weighted by Gasteiger charge is -2.14. The standard InChI is InChI=1S/C13H16N2O7S/c1-8(11(16)14-13(18)21-2)22-12(17)9-6-4-5-7-10(9)15-23(3,19)20/h4-8,15H,1-3H3,(H,14,16,18)/t8-/m0/s1. The van der Waals surface area contributed by atoms with Crippen molar-refractivity contribution in [2.24, 2.45) is 0 Å². The Morgan fingerprint density at radius 2 is 1.78 bits per heavy atom. The van der Waals surface area contributed by atoms with Crippen LogP contribution in [0.4, 0.5) is 10.5 Å². The van der Waals surface area contributed by atoms with Gasteiger partial charge in [0.15, 0.2) is 6.10 Å². The molecule has 23 heavy (non-hydrogen) atoms. The molecule has 10 heteroatoms. The van der Waals surface area contributed by atoms with Gasteiger partial charge in [0.05, 0.1) is 24.6 Å². The van der Waals surface area contributed by atoms with Gasteiger partial charge in [-0.3, -0.25) is 14.8 Å². The van der Waals surface area contributed by atoms with Gasteiger partial charge in [0, 0.05) is 0 Å². The lowest BCUT2D eigenvalue weighted by atomic mass is 10.2. The van der Waals surface area contributed by atoms with Gasteiger partial charge in [-0.25, -0.2) is 18.0 Å². The van der Waals surface area contributed by atoms with Crippen molar-refractivity contribution in [2.45, 2.75) is 13.0 Å². The van der Waals surface area contributed by atoms with Crippen LogP contribution in [0.3, 0.4) is 0 Å². The molecule has 1 aromatic rings. The molecule has 0 aromatic heterocycles. The number of sulfonamides is 1. The molecule has 0 aliphatic heterocycles. The topological polar surface area (TPSA) is 128 Å². The summed E-state index contributed by atoms with van der Waals surface area (Å²) in [5.41, 5.74) is -0.0591. The molecule has 0 bridgehead atoms. The highest BCUT2D eigenvalue weighted by Gasteiger charge is 2.23. The Hall–Kier alpha value is -2.62. The number of alkyl carbamates (subject to hydrolysis) is 1. The van der Waals surface area contributed by atoms with Crippen molar-refractivity contribution in [3.63, 3.8) is 0 Å². The number of carbonyl (C=O) groups excluding carboxylic acids is 3. The smallest absolute Gasteiger partial charge is 0.413 e. The van der Waals surface area contributed by atoms with Crippen LogP contribution in [0, 0.1) is 0 Å². The van der Waals surface area contributed by atoms with Gasteiger partial charge in [-0.15, -0.1) is 0 Å². The number of anilines is 1. The summed E-state index contributed by atoms with van der Waals surface area (Å²) in [5, 5.41) is 1.85. The molecule has 0 unspecified atom stereocenters. The van der Waals surface area contributed by atoms with Crippen LogP contribution in [0.5, 0.6) is 0 Å². The van der Waals surface area contributed by atoms with Crippen LogP contribution in [0.25, 0.3) is 0 Å². The van der Waals surface area contributed by atoms with E-state index in [1.165, 1.54) is 31.2 Å². The van der Waals surface area contributed by atoms with Crippen molar-refractivity contribution in [2.75, 3.05) is 18.1 Å². The number of amides is 2. The van der Waals surface area contributed by atoms with Gasteiger partial charge in [0.2, 0.25) is 10.0 Å². The van der Waals surface area contributed by atoms with Gasteiger partial charge in [0.1, 0.15) is 0 Å². The van der Waals surface area contributed by atoms with Crippen LogP contribution in [0.1, 0.15) is 17.3 Å². The van der Waals surface area contributed by atoms with E-state index in [-0.39, 0.29) is 11.3 Å². The maximum atomic E-state index is 12.1. The fourth-order valence-corrected chi connectivity index (χ4v) is 2.06. The summed E-state index contributed by atoms with van der Waals surface area (Å²) in [4.78, 5) is 34.6. The average Bonchev–Trinajstić information content (AvgIpc) is 2.45. The molecule has 9 nitrogen and oxygen atoms in total. The number of esters is 1. The highest BCUT2D eigenvalue weighted by atomic mass is 32.2. The molecule has 2 amide bonds. The summed E-state index contributed by atoms with van der Waals surface area (Å²) in [6.45, 7) is 1.25. The number of nitrogens with one attached hydrogen (secondary N) is 2. The van der Waals surface area contributed by atoms with E-state index in [1.807, 2.05) is 5.32 Å². The monoisotopic (exact) mass is 344 g/mol. The Morgan fingerprint density at radius 3 is 2.35 bits per heavy atom. The predicted molar refractivity (Wildman–Crippen MR) is 80.3 cm³/mol. The molecule has 2 N–H and O–H groups in total. The lowest BCUT2D eigenvalue weighted by Crippen LogP contribution is -2.39. The number of hydrogen-bond donors (Lipinski definition) is 2. The maximum absolute atomic E-state index is 12.1. The zero-order valence-electron chi connectivity index (χ0n) is 12.7. The van der Waals surface area contributed by atoms with E-state index in [9.17, 15) is 22.8 Å². The maximum Gasteiger partial charge on any atom is 0.413 e. The molecule has 0 fully saturated rings. The molecule has 1 atom stereocenters. The van der Waals surface area contributed by atoms with Crippen LogP contribution >= 0.6 is 0 Å². The lowest BCUT2D eigenvalue weighted by molar-refractivity contribution is -0.128. The second kappa shape index (κ2) is 7.58. The highest BCUT2D eigenvalue weighted by molar-refractivity contribution is 7.92. The van der Waals surface area contributed by atoms with Crippen LogP contribution in [0.15, 0.2) is 24.3 Å². The first-order chi connectivity index (χ1) is 10.6. The number of methoxy groups -OCH3 is 1. The molecule has 1 aromatic carbocycles. The molecule has 126 valence electrons. The van der Waals surface area contributed by atoms with Crippen LogP contribution in [-0.2, 0) is 24.3 Å². The van der Waals surface area contributed by atoms with Gasteiger partial charge in [-0.05, 0) is 19.1 Å². The molecule has 1 rings (SSSR count). The minimum atomic E-state index is -3.60. The van der Waals surface area contributed by atoms with E-state index in [0.29, 0.717) is 0 Å². The van der Waals surface area contributed by atoms with Crippen molar-refractivity contribution in [3.8, 4) is 0 Å². The van der Waals surface area contributed by atoms with Gasteiger partial charge in [-0.1, -0.05) is 12.1 Å².